The van der Waals surface area contributed by atoms with Crippen LogP contribution < -0.4 is 0 Å². The second-order valence-corrected chi connectivity index (χ2v) is 3.20. The van der Waals surface area contributed by atoms with Crippen LogP contribution in [-0.4, -0.2) is 9.55 Å². The summed E-state index contributed by atoms with van der Waals surface area (Å²) in [6, 6.07) is 8.23. The predicted molar refractivity (Wildman–Crippen MR) is 71.5 cm³/mol. The van der Waals surface area contributed by atoms with E-state index in [1.807, 2.05) is 39.0 Å². The quantitative estimate of drug-likeness (QED) is 0.738. The third-order valence-electron chi connectivity index (χ3n) is 2.32. The van der Waals surface area contributed by atoms with Crippen molar-refractivity contribution in [2.75, 3.05) is 0 Å². The van der Waals surface area contributed by atoms with E-state index in [0.717, 1.165) is 17.9 Å². The SMILES string of the molecule is CC.CC=Cc1nc2ccccc2n1CC. The summed E-state index contributed by atoms with van der Waals surface area (Å²) in [5.41, 5.74) is 2.28. The Bertz CT molecular complexity index is 467. The van der Waals surface area contributed by atoms with Crippen LogP contribution in [0.4, 0.5) is 0 Å². The Morgan fingerprint density at radius 1 is 1.25 bits per heavy atom. The van der Waals surface area contributed by atoms with Gasteiger partial charge in [0.25, 0.3) is 0 Å². The predicted octanol–water partition coefficient (Wildman–Crippen LogP) is 4.12. The molecule has 2 rings (SSSR count). The fourth-order valence-corrected chi connectivity index (χ4v) is 1.70. The summed E-state index contributed by atoms with van der Waals surface area (Å²) >= 11 is 0. The lowest BCUT2D eigenvalue weighted by atomic mass is 10.3. The van der Waals surface area contributed by atoms with Crippen molar-refractivity contribution in [3.05, 3.63) is 36.2 Å². The standard InChI is InChI=1S/C12H14N2.C2H6/c1-3-7-12-13-10-8-5-6-9-11(10)14(12)4-2;1-2/h3,5-9H,4H2,1-2H3;1-2H3. The van der Waals surface area contributed by atoms with E-state index < -0.39 is 0 Å². The molecule has 0 unspecified atom stereocenters. The van der Waals surface area contributed by atoms with Gasteiger partial charge in [-0.1, -0.05) is 32.1 Å². The van der Waals surface area contributed by atoms with Crippen molar-refractivity contribution < 1.29 is 0 Å². The maximum atomic E-state index is 4.55. The van der Waals surface area contributed by atoms with Crippen molar-refractivity contribution in [3.63, 3.8) is 0 Å². The molecule has 0 aliphatic carbocycles. The molecular formula is C14H20N2. The van der Waals surface area contributed by atoms with Crippen LogP contribution in [0.3, 0.4) is 0 Å². The molecule has 0 saturated carbocycles. The molecule has 0 radical (unpaired) electrons. The van der Waals surface area contributed by atoms with Crippen molar-refractivity contribution in [2.45, 2.75) is 34.2 Å². The van der Waals surface area contributed by atoms with Crippen LogP contribution in [0.2, 0.25) is 0 Å². The zero-order valence-corrected chi connectivity index (χ0v) is 10.6. The number of aryl methyl sites for hydroxylation is 1. The molecule has 2 nitrogen and oxygen atoms in total. The average Bonchev–Trinajstić information content (AvgIpc) is 2.69. The number of allylic oxidation sites excluding steroid dienone is 1. The van der Waals surface area contributed by atoms with Gasteiger partial charge in [-0.05, 0) is 32.1 Å². The van der Waals surface area contributed by atoms with Gasteiger partial charge in [0.2, 0.25) is 0 Å². The van der Waals surface area contributed by atoms with Crippen LogP contribution >= 0.6 is 0 Å². The first-order valence-corrected chi connectivity index (χ1v) is 5.94. The van der Waals surface area contributed by atoms with Crippen molar-refractivity contribution in [3.8, 4) is 0 Å². The molecule has 0 aliphatic heterocycles. The van der Waals surface area contributed by atoms with Gasteiger partial charge in [0.1, 0.15) is 5.82 Å². The number of nitrogens with zero attached hydrogens (tertiary/aromatic N) is 2. The second kappa shape index (κ2) is 6.11. The van der Waals surface area contributed by atoms with Crippen molar-refractivity contribution in [1.29, 1.82) is 0 Å². The molecule has 0 spiro atoms. The molecular weight excluding hydrogens is 196 g/mol. The Hall–Kier alpha value is -1.57. The number of imidazole rings is 1. The molecule has 86 valence electrons. The highest BCUT2D eigenvalue weighted by atomic mass is 15.1. The van der Waals surface area contributed by atoms with E-state index in [-0.39, 0.29) is 0 Å². The smallest absolute Gasteiger partial charge is 0.133 e. The van der Waals surface area contributed by atoms with Gasteiger partial charge in [-0.2, -0.15) is 0 Å². The van der Waals surface area contributed by atoms with E-state index in [4.69, 9.17) is 0 Å². The van der Waals surface area contributed by atoms with Crippen LogP contribution in [0.5, 0.6) is 0 Å². The van der Waals surface area contributed by atoms with Crippen molar-refractivity contribution in [1.82, 2.24) is 9.55 Å². The summed E-state index contributed by atoms with van der Waals surface area (Å²) < 4.78 is 2.22. The van der Waals surface area contributed by atoms with Gasteiger partial charge in [0.15, 0.2) is 0 Å². The minimum atomic E-state index is 0.959. The first-order valence-electron chi connectivity index (χ1n) is 5.94. The Morgan fingerprint density at radius 3 is 2.56 bits per heavy atom. The van der Waals surface area contributed by atoms with Crippen LogP contribution in [-0.2, 0) is 6.54 Å². The van der Waals surface area contributed by atoms with E-state index in [0.29, 0.717) is 0 Å². The van der Waals surface area contributed by atoms with Crippen LogP contribution in [0, 0.1) is 0 Å². The summed E-state index contributed by atoms with van der Waals surface area (Å²) in [4.78, 5) is 4.55. The number of rotatable bonds is 2. The lowest BCUT2D eigenvalue weighted by molar-refractivity contribution is 0.777. The van der Waals surface area contributed by atoms with Gasteiger partial charge in [-0.15, -0.1) is 0 Å². The molecule has 0 saturated heterocycles. The van der Waals surface area contributed by atoms with E-state index >= 15 is 0 Å². The molecule has 16 heavy (non-hydrogen) atoms. The van der Waals surface area contributed by atoms with E-state index in [9.17, 15) is 0 Å². The molecule has 1 aromatic heterocycles. The molecule has 0 fully saturated rings. The molecule has 0 aliphatic rings. The van der Waals surface area contributed by atoms with Crippen LogP contribution in [0.1, 0.15) is 33.5 Å². The fraction of sp³-hybridized carbons (Fsp3) is 0.357. The number of aromatic nitrogens is 2. The first-order chi connectivity index (χ1) is 7.86. The maximum absolute atomic E-state index is 4.55. The monoisotopic (exact) mass is 216 g/mol. The molecule has 1 aromatic carbocycles. The molecule has 0 atom stereocenters. The topological polar surface area (TPSA) is 17.8 Å². The van der Waals surface area contributed by atoms with Crippen molar-refractivity contribution >= 4 is 17.1 Å². The highest BCUT2D eigenvalue weighted by Gasteiger charge is 2.04. The Balaban J connectivity index is 0.000000606. The minimum Gasteiger partial charge on any atom is -0.325 e. The Kier molecular flexibility index (Phi) is 4.77. The zero-order valence-electron chi connectivity index (χ0n) is 10.6. The third-order valence-corrected chi connectivity index (χ3v) is 2.32. The van der Waals surface area contributed by atoms with E-state index in [1.54, 1.807) is 0 Å². The van der Waals surface area contributed by atoms with Gasteiger partial charge in [-0.25, -0.2) is 4.98 Å². The molecule has 0 amide bonds. The zero-order chi connectivity index (χ0) is 12.0. The largest absolute Gasteiger partial charge is 0.325 e. The highest BCUT2D eigenvalue weighted by molar-refractivity contribution is 5.77. The molecule has 1 heterocycles. The maximum Gasteiger partial charge on any atom is 0.133 e. The third kappa shape index (κ3) is 2.32. The highest BCUT2D eigenvalue weighted by Crippen LogP contribution is 2.16. The van der Waals surface area contributed by atoms with Gasteiger partial charge < -0.3 is 4.57 Å². The normalized spacial score (nSPS) is 10.5. The number of hydrogen-bond acceptors (Lipinski definition) is 1. The summed E-state index contributed by atoms with van der Waals surface area (Å²) in [5, 5.41) is 0. The van der Waals surface area contributed by atoms with Gasteiger partial charge >= 0.3 is 0 Å². The Morgan fingerprint density at radius 2 is 1.94 bits per heavy atom. The summed E-state index contributed by atoms with van der Waals surface area (Å²) in [7, 11) is 0. The molecule has 2 heteroatoms. The van der Waals surface area contributed by atoms with E-state index in [1.165, 1.54) is 5.52 Å². The molecule has 0 bridgehead atoms. The fourth-order valence-electron chi connectivity index (χ4n) is 1.70. The van der Waals surface area contributed by atoms with Gasteiger partial charge in [-0.3, -0.25) is 0 Å². The van der Waals surface area contributed by atoms with Crippen molar-refractivity contribution in [2.24, 2.45) is 0 Å². The average molecular weight is 216 g/mol. The van der Waals surface area contributed by atoms with Crippen LogP contribution in [0.15, 0.2) is 30.3 Å². The number of benzene rings is 1. The Labute approximate surface area is 97.6 Å². The number of fused-ring (bicyclic) bond motifs is 1. The molecule has 0 N–H and O–H groups in total. The lowest BCUT2D eigenvalue weighted by Gasteiger charge is -2.01. The van der Waals surface area contributed by atoms with Gasteiger partial charge in [0, 0.05) is 6.54 Å². The number of para-hydroxylation sites is 2. The summed E-state index contributed by atoms with van der Waals surface area (Å²) in [6.45, 7) is 9.11. The minimum absolute atomic E-state index is 0.959. The number of hydrogen-bond donors (Lipinski definition) is 0. The second-order valence-electron chi connectivity index (χ2n) is 3.20. The molecule has 2 aromatic rings. The van der Waals surface area contributed by atoms with Gasteiger partial charge in [0.05, 0.1) is 11.0 Å². The summed E-state index contributed by atoms with van der Waals surface area (Å²) in [6.07, 6.45) is 4.07. The first kappa shape index (κ1) is 12.5. The lowest BCUT2D eigenvalue weighted by Crippen LogP contribution is -1.96. The summed E-state index contributed by atoms with van der Waals surface area (Å²) in [5.74, 6) is 1.04. The van der Waals surface area contributed by atoms with Crippen LogP contribution in [0.25, 0.3) is 17.1 Å². The van der Waals surface area contributed by atoms with E-state index in [2.05, 4.69) is 34.7 Å².